The van der Waals surface area contributed by atoms with Crippen molar-refractivity contribution in [2.75, 3.05) is 23.9 Å². The fourth-order valence-corrected chi connectivity index (χ4v) is 5.68. The summed E-state index contributed by atoms with van der Waals surface area (Å²) in [6, 6.07) is 24.2. The number of carbonyl (C=O) groups is 2. The molecule has 0 aliphatic heterocycles. The van der Waals surface area contributed by atoms with Gasteiger partial charge in [0.15, 0.2) is 0 Å². The third-order valence-electron chi connectivity index (χ3n) is 6.66. The van der Waals surface area contributed by atoms with E-state index < -0.39 is 28.5 Å². The van der Waals surface area contributed by atoms with E-state index in [9.17, 15) is 18.0 Å². The number of rotatable bonds is 13. The van der Waals surface area contributed by atoms with Crippen molar-refractivity contribution < 1.29 is 18.0 Å². The van der Waals surface area contributed by atoms with Gasteiger partial charge in [-0.2, -0.15) is 0 Å². The van der Waals surface area contributed by atoms with Crippen molar-refractivity contribution in [2.45, 2.75) is 57.4 Å². The molecule has 8 heteroatoms. The Balaban J connectivity index is 1.96. The number of amides is 2. The van der Waals surface area contributed by atoms with Gasteiger partial charge in [-0.15, -0.1) is 0 Å². The fraction of sp³-hybridized carbons (Fsp3) is 0.355. The quantitative estimate of drug-likeness (QED) is 0.325. The van der Waals surface area contributed by atoms with E-state index >= 15 is 0 Å². The molecular weight excluding hydrogens is 510 g/mol. The fourth-order valence-electron chi connectivity index (χ4n) is 4.24. The van der Waals surface area contributed by atoms with E-state index in [0.717, 1.165) is 21.9 Å². The molecule has 0 radical (unpaired) electrons. The van der Waals surface area contributed by atoms with Crippen LogP contribution in [0, 0.1) is 0 Å². The Morgan fingerprint density at radius 3 is 2.00 bits per heavy atom. The Bertz CT molecular complexity index is 1310. The minimum Gasteiger partial charge on any atom is -0.354 e. The predicted molar refractivity (Wildman–Crippen MR) is 156 cm³/mol. The predicted octanol–water partition coefficient (Wildman–Crippen LogP) is 4.99. The zero-order chi connectivity index (χ0) is 28.4. The van der Waals surface area contributed by atoms with Crippen LogP contribution in [0.15, 0.2) is 89.8 Å². The lowest BCUT2D eigenvalue weighted by Gasteiger charge is -2.32. The third kappa shape index (κ3) is 7.93. The van der Waals surface area contributed by atoms with Crippen molar-refractivity contribution in [2.24, 2.45) is 0 Å². The Kier molecular flexibility index (Phi) is 10.7. The SMILES string of the molecule is CCCNC(=O)[C@H](C)N(CCc1ccccc1)C(=O)CN(c1ccc(C(C)C)cc1)S(=O)(=O)c1ccccc1. The van der Waals surface area contributed by atoms with E-state index in [1.807, 2.05) is 49.4 Å². The summed E-state index contributed by atoms with van der Waals surface area (Å²) >= 11 is 0. The molecular formula is C31H39N3O4S. The summed E-state index contributed by atoms with van der Waals surface area (Å²) in [5.41, 5.74) is 2.48. The van der Waals surface area contributed by atoms with Gasteiger partial charge < -0.3 is 10.2 Å². The number of hydrogen-bond acceptors (Lipinski definition) is 4. The zero-order valence-corrected chi connectivity index (χ0v) is 24.0. The molecule has 0 bridgehead atoms. The number of nitrogens with one attached hydrogen (secondary N) is 1. The maximum Gasteiger partial charge on any atom is 0.264 e. The van der Waals surface area contributed by atoms with Crippen LogP contribution in [0.2, 0.25) is 0 Å². The highest BCUT2D eigenvalue weighted by Crippen LogP contribution is 2.26. The summed E-state index contributed by atoms with van der Waals surface area (Å²) in [4.78, 5) is 28.3. The molecule has 3 aromatic carbocycles. The van der Waals surface area contributed by atoms with Crippen molar-refractivity contribution in [3.63, 3.8) is 0 Å². The standard InChI is InChI=1S/C31H39N3O4S/c1-5-21-32-31(36)25(4)33(22-20-26-12-8-6-9-13-26)30(35)23-34(28-18-16-27(17-19-28)24(2)3)39(37,38)29-14-10-7-11-15-29/h6-19,24-25H,5,20-23H2,1-4H3,(H,32,36)/t25-/m0/s1. The first-order chi connectivity index (χ1) is 18.6. The van der Waals surface area contributed by atoms with E-state index in [2.05, 4.69) is 19.2 Å². The van der Waals surface area contributed by atoms with E-state index in [0.29, 0.717) is 18.7 Å². The molecule has 3 aromatic rings. The summed E-state index contributed by atoms with van der Waals surface area (Å²) in [6.07, 6.45) is 1.30. The number of nitrogens with zero attached hydrogens (tertiary/aromatic N) is 2. The highest BCUT2D eigenvalue weighted by molar-refractivity contribution is 7.92. The van der Waals surface area contributed by atoms with E-state index in [-0.39, 0.29) is 23.3 Å². The zero-order valence-electron chi connectivity index (χ0n) is 23.2. The Morgan fingerprint density at radius 1 is 0.846 bits per heavy atom. The summed E-state index contributed by atoms with van der Waals surface area (Å²) in [5.74, 6) is -0.439. The molecule has 0 fully saturated rings. The first kappa shape index (κ1) is 29.9. The van der Waals surface area contributed by atoms with Gasteiger partial charge in [-0.25, -0.2) is 8.42 Å². The van der Waals surface area contributed by atoms with Crippen LogP contribution in [-0.2, 0) is 26.0 Å². The van der Waals surface area contributed by atoms with Crippen LogP contribution < -0.4 is 9.62 Å². The van der Waals surface area contributed by atoms with Crippen molar-refractivity contribution in [1.29, 1.82) is 0 Å². The Hall–Kier alpha value is -3.65. The topological polar surface area (TPSA) is 86.8 Å². The molecule has 39 heavy (non-hydrogen) atoms. The highest BCUT2D eigenvalue weighted by atomic mass is 32.2. The van der Waals surface area contributed by atoms with Crippen LogP contribution in [0.25, 0.3) is 0 Å². The Morgan fingerprint density at radius 2 is 1.44 bits per heavy atom. The molecule has 1 atom stereocenters. The van der Waals surface area contributed by atoms with Crippen LogP contribution >= 0.6 is 0 Å². The lowest BCUT2D eigenvalue weighted by Crippen LogP contribution is -2.52. The molecule has 1 N–H and O–H groups in total. The molecule has 0 unspecified atom stereocenters. The second kappa shape index (κ2) is 13.9. The summed E-state index contributed by atoms with van der Waals surface area (Å²) in [7, 11) is -4.06. The van der Waals surface area contributed by atoms with Crippen LogP contribution in [0.3, 0.4) is 0 Å². The maximum absolute atomic E-state index is 13.9. The number of benzene rings is 3. The van der Waals surface area contributed by atoms with Gasteiger partial charge >= 0.3 is 0 Å². The molecule has 0 saturated carbocycles. The molecule has 0 aromatic heterocycles. The van der Waals surface area contributed by atoms with E-state index in [1.54, 1.807) is 37.3 Å². The van der Waals surface area contributed by atoms with Gasteiger partial charge in [-0.3, -0.25) is 13.9 Å². The minimum absolute atomic E-state index is 0.0929. The number of anilines is 1. The van der Waals surface area contributed by atoms with Crippen molar-refractivity contribution >= 4 is 27.5 Å². The molecule has 2 amide bonds. The number of carbonyl (C=O) groups excluding carboxylic acids is 2. The van der Waals surface area contributed by atoms with Gasteiger partial charge in [0, 0.05) is 13.1 Å². The van der Waals surface area contributed by atoms with Gasteiger partial charge in [0.2, 0.25) is 11.8 Å². The Labute approximate surface area is 232 Å². The molecule has 0 saturated heterocycles. The number of hydrogen-bond donors (Lipinski definition) is 1. The summed E-state index contributed by atoms with van der Waals surface area (Å²) in [5, 5.41) is 2.86. The lowest BCUT2D eigenvalue weighted by atomic mass is 10.0. The van der Waals surface area contributed by atoms with Gasteiger partial charge in [0.25, 0.3) is 10.0 Å². The molecule has 0 spiro atoms. The average Bonchev–Trinajstić information content (AvgIpc) is 2.95. The monoisotopic (exact) mass is 549 g/mol. The first-order valence-electron chi connectivity index (χ1n) is 13.4. The highest BCUT2D eigenvalue weighted by Gasteiger charge is 2.32. The normalized spacial score (nSPS) is 12.1. The second-order valence-corrected chi connectivity index (χ2v) is 11.7. The first-order valence-corrected chi connectivity index (χ1v) is 14.9. The molecule has 0 heterocycles. The van der Waals surface area contributed by atoms with E-state index in [4.69, 9.17) is 0 Å². The maximum atomic E-state index is 13.9. The number of sulfonamides is 1. The van der Waals surface area contributed by atoms with Crippen molar-refractivity contribution in [1.82, 2.24) is 10.2 Å². The second-order valence-electron chi connectivity index (χ2n) is 9.86. The van der Waals surface area contributed by atoms with Crippen LogP contribution in [0.1, 0.15) is 51.2 Å². The third-order valence-corrected chi connectivity index (χ3v) is 8.45. The average molecular weight is 550 g/mol. The molecule has 0 aliphatic carbocycles. The van der Waals surface area contributed by atoms with Crippen molar-refractivity contribution in [3.8, 4) is 0 Å². The van der Waals surface area contributed by atoms with E-state index in [1.165, 1.54) is 17.0 Å². The lowest BCUT2D eigenvalue weighted by molar-refractivity contribution is -0.138. The minimum atomic E-state index is -4.06. The van der Waals surface area contributed by atoms with Gasteiger partial charge in [-0.1, -0.05) is 81.4 Å². The van der Waals surface area contributed by atoms with Gasteiger partial charge in [-0.05, 0) is 61.1 Å². The van der Waals surface area contributed by atoms with Crippen LogP contribution in [0.4, 0.5) is 5.69 Å². The smallest absolute Gasteiger partial charge is 0.264 e. The molecule has 208 valence electrons. The summed E-state index contributed by atoms with van der Waals surface area (Å²) in [6.45, 7) is 8.11. The van der Waals surface area contributed by atoms with Crippen molar-refractivity contribution in [3.05, 3.63) is 96.1 Å². The van der Waals surface area contributed by atoms with Gasteiger partial charge in [0.1, 0.15) is 12.6 Å². The largest absolute Gasteiger partial charge is 0.354 e. The molecule has 7 nitrogen and oxygen atoms in total. The molecule has 0 aliphatic rings. The molecule has 3 rings (SSSR count). The van der Waals surface area contributed by atoms with Crippen LogP contribution in [-0.4, -0.2) is 50.8 Å². The van der Waals surface area contributed by atoms with Crippen LogP contribution in [0.5, 0.6) is 0 Å². The summed E-state index contributed by atoms with van der Waals surface area (Å²) < 4.78 is 28.8. The van der Waals surface area contributed by atoms with Gasteiger partial charge in [0.05, 0.1) is 10.6 Å².